The average Bonchev–Trinajstić information content (AvgIpc) is 2.58. The Morgan fingerprint density at radius 2 is 2.09 bits per heavy atom. The van der Waals surface area contributed by atoms with Crippen molar-refractivity contribution in [2.24, 2.45) is 0 Å². The molecule has 1 aromatic heterocycles. The van der Waals surface area contributed by atoms with Gasteiger partial charge in [0.1, 0.15) is 5.02 Å². The van der Waals surface area contributed by atoms with E-state index in [0.717, 1.165) is 24.9 Å². The van der Waals surface area contributed by atoms with Crippen LogP contribution in [-0.2, 0) is 4.74 Å². The smallest absolute Gasteiger partial charge is 0.290 e. The standard InChI is InChI=1S/C16H18ClN3O2/c1-19(12-7-3-2-4-8-12)13-11-18-20(16(21)15(13)17)14-9-5-6-10-22-14/h2-4,7-8,11,14H,5-6,9-10H2,1H3. The maximum absolute atomic E-state index is 12.5. The van der Waals surface area contributed by atoms with Gasteiger partial charge in [0.05, 0.1) is 11.9 Å². The molecule has 1 aliphatic heterocycles. The number of hydrogen-bond acceptors (Lipinski definition) is 4. The van der Waals surface area contributed by atoms with Gasteiger partial charge in [0.2, 0.25) is 0 Å². The van der Waals surface area contributed by atoms with Crippen LogP contribution in [0.4, 0.5) is 11.4 Å². The van der Waals surface area contributed by atoms with Crippen molar-refractivity contribution >= 4 is 23.0 Å². The Bertz CT molecular complexity index is 696. The molecule has 0 spiro atoms. The van der Waals surface area contributed by atoms with Crippen molar-refractivity contribution in [3.63, 3.8) is 0 Å². The lowest BCUT2D eigenvalue weighted by Crippen LogP contribution is -2.32. The topological polar surface area (TPSA) is 47.4 Å². The van der Waals surface area contributed by atoms with E-state index in [2.05, 4.69) is 5.10 Å². The molecule has 116 valence electrons. The van der Waals surface area contributed by atoms with Gasteiger partial charge in [-0.15, -0.1) is 0 Å². The minimum atomic E-state index is -0.311. The Balaban J connectivity index is 1.94. The minimum absolute atomic E-state index is 0.163. The molecule has 0 amide bonds. The Morgan fingerprint density at radius 3 is 2.77 bits per heavy atom. The molecule has 2 heterocycles. The number of rotatable bonds is 3. The summed E-state index contributed by atoms with van der Waals surface area (Å²) in [4.78, 5) is 14.3. The Kier molecular flexibility index (Phi) is 4.45. The first-order valence-corrected chi connectivity index (χ1v) is 7.74. The zero-order valence-electron chi connectivity index (χ0n) is 12.4. The van der Waals surface area contributed by atoms with Gasteiger partial charge in [-0.2, -0.15) is 9.78 Å². The summed E-state index contributed by atoms with van der Waals surface area (Å²) >= 11 is 6.29. The second-order valence-corrected chi connectivity index (χ2v) is 5.69. The van der Waals surface area contributed by atoms with E-state index in [9.17, 15) is 4.79 Å². The van der Waals surface area contributed by atoms with Gasteiger partial charge in [0, 0.05) is 19.3 Å². The fourth-order valence-corrected chi connectivity index (χ4v) is 2.84. The maximum atomic E-state index is 12.5. The first-order valence-electron chi connectivity index (χ1n) is 7.36. The first kappa shape index (κ1) is 15.1. The third kappa shape index (κ3) is 2.87. The average molecular weight is 320 g/mol. The van der Waals surface area contributed by atoms with Crippen LogP contribution in [-0.4, -0.2) is 23.4 Å². The minimum Gasteiger partial charge on any atom is -0.356 e. The summed E-state index contributed by atoms with van der Waals surface area (Å²) in [6.07, 6.45) is 4.15. The molecule has 6 heteroatoms. The zero-order chi connectivity index (χ0) is 15.5. The second kappa shape index (κ2) is 6.50. The fourth-order valence-electron chi connectivity index (χ4n) is 2.58. The summed E-state index contributed by atoms with van der Waals surface area (Å²) in [6.45, 7) is 0.655. The number of anilines is 2. The van der Waals surface area contributed by atoms with Crippen molar-refractivity contribution in [3.8, 4) is 0 Å². The van der Waals surface area contributed by atoms with Crippen molar-refractivity contribution in [2.75, 3.05) is 18.6 Å². The summed E-state index contributed by atoms with van der Waals surface area (Å²) in [6, 6.07) is 9.71. The molecule has 0 aliphatic carbocycles. The van der Waals surface area contributed by atoms with Crippen LogP contribution in [0, 0.1) is 0 Å². The highest BCUT2D eigenvalue weighted by Gasteiger charge is 2.21. The fraction of sp³-hybridized carbons (Fsp3) is 0.375. The van der Waals surface area contributed by atoms with Crippen LogP contribution in [0.2, 0.25) is 5.02 Å². The van der Waals surface area contributed by atoms with Crippen molar-refractivity contribution in [1.82, 2.24) is 9.78 Å². The van der Waals surface area contributed by atoms with Crippen LogP contribution in [0.1, 0.15) is 25.5 Å². The molecule has 1 fully saturated rings. The molecule has 0 saturated carbocycles. The van der Waals surface area contributed by atoms with Crippen LogP contribution >= 0.6 is 11.6 Å². The lowest BCUT2D eigenvalue weighted by atomic mass is 10.2. The van der Waals surface area contributed by atoms with E-state index in [4.69, 9.17) is 16.3 Å². The summed E-state index contributed by atoms with van der Waals surface area (Å²) in [7, 11) is 1.86. The summed E-state index contributed by atoms with van der Waals surface area (Å²) in [5.74, 6) is 0. The molecule has 0 radical (unpaired) electrons. The van der Waals surface area contributed by atoms with Crippen molar-refractivity contribution in [1.29, 1.82) is 0 Å². The lowest BCUT2D eigenvalue weighted by Gasteiger charge is -2.25. The highest BCUT2D eigenvalue weighted by Crippen LogP contribution is 2.28. The van der Waals surface area contributed by atoms with E-state index in [-0.39, 0.29) is 16.8 Å². The molecule has 2 aromatic rings. The van der Waals surface area contributed by atoms with E-state index in [0.29, 0.717) is 12.3 Å². The molecule has 0 N–H and O–H groups in total. The third-order valence-electron chi connectivity index (χ3n) is 3.86. The van der Waals surface area contributed by atoms with Gasteiger partial charge in [0.15, 0.2) is 6.23 Å². The molecule has 22 heavy (non-hydrogen) atoms. The number of ether oxygens (including phenoxy) is 1. The van der Waals surface area contributed by atoms with Crippen LogP contribution in [0.15, 0.2) is 41.3 Å². The van der Waals surface area contributed by atoms with Gasteiger partial charge in [-0.3, -0.25) is 4.79 Å². The number of hydrogen-bond donors (Lipinski definition) is 0. The predicted molar refractivity (Wildman–Crippen MR) is 86.9 cm³/mol. The molecular formula is C16H18ClN3O2. The third-order valence-corrected chi connectivity index (χ3v) is 4.21. The first-order chi connectivity index (χ1) is 10.7. The number of nitrogens with zero attached hydrogens (tertiary/aromatic N) is 3. The zero-order valence-corrected chi connectivity index (χ0v) is 13.2. The molecular weight excluding hydrogens is 302 g/mol. The van der Waals surface area contributed by atoms with Crippen LogP contribution in [0.3, 0.4) is 0 Å². The normalized spacial score (nSPS) is 18.2. The van der Waals surface area contributed by atoms with E-state index in [1.54, 1.807) is 6.20 Å². The number of benzene rings is 1. The van der Waals surface area contributed by atoms with Gasteiger partial charge in [-0.1, -0.05) is 29.8 Å². The van der Waals surface area contributed by atoms with Gasteiger partial charge in [-0.25, -0.2) is 0 Å². The van der Waals surface area contributed by atoms with Gasteiger partial charge < -0.3 is 9.64 Å². The van der Waals surface area contributed by atoms with Crippen LogP contribution in [0.25, 0.3) is 0 Å². The monoisotopic (exact) mass is 319 g/mol. The second-order valence-electron chi connectivity index (χ2n) is 5.31. The largest absolute Gasteiger partial charge is 0.356 e. The summed E-state index contributed by atoms with van der Waals surface area (Å²) in [5.41, 5.74) is 1.22. The molecule has 3 rings (SSSR count). The van der Waals surface area contributed by atoms with Crippen molar-refractivity contribution < 1.29 is 4.74 Å². The molecule has 1 atom stereocenters. The number of aromatic nitrogens is 2. The van der Waals surface area contributed by atoms with E-state index >= 15 is 0 Å². The molecule has 0 bridgehead atoms. The SMILES string of the molecule is CN(c1ccccc1)c1cnn(C2CCCCO2)c(=O)c1Cl. The van der Waals surface area contributed by atoms with Gasteiger partial charge in [0.25, 0.3) is 5.56 Å². The number of para-hydroxylation sites is 1. The highest BCUT2D eigenvalue weighted by atomic mass is 35.5. The number of halogens is 1. The maximum Gasteiger partial charge on any atom is 0.290 e. The lowest BCUT2D eigenvalue weighted by molar-refractivity contribution is -0.0424. The molecule has 5 nitrogen and oxygen atoms in total. The van der Waals surface area contributed by atoms with Gasteiger partial charge in [-0.05, 0) is 31.4 Å². The molecule has 1 unspecified atom stereocenters. The summed E-state index contributed by atoms with van der Waals surface area (Å²) in [5, 5.41) is 4.42. The predicted octanol–water partition coefficient (Wildman–Crippen LogP) is 3.36. The molecule has 1 aromatic carbocycles. The van der Waals surface area contributed by atoms with E-state index in [1.807, 2.05) is 42.3 Å². The Labute approximate surface area is 134 Å². The van der Waals surface area contributed by atoms with Crippen LogP contribution in [0.5, 0.6) is 0 Å². The van der Waals surface area contributed by atoms with Gasteiger partial charge >= 0.3 is 0 Å². The van der Waals surface area contributed by atoms with Crippen molar-refractivity contribution in [2.45, 2.75) is 25.5 Å². The van der Waals surface area contributed by atoms with E-state index < -0.39 is 0 Å². The van der Waals surface area contributed by atoms with E-state index in [1.165, 1.54) is 4.68 Å². The Morgan fingerprint density at radius 1 is 1.32 bits per heavy atom. The summed E-state index contributed by atoms with van der Waals surface area (Å²) < 4.78 is 6.96. The highest BCUT2D eigenvalue weighted by molar-refractivity contribution is 6.33. The van der Waals surface area contributed by atoms with Crippen molar-refractivity contribution in [3.05, 3.63) is 51.9 Å². The van der Waals surface area contributed by atoms with Crippen LogP contribution < -0.4 is 10.5 Å². The molecule has 1 saturated heterocycles. The quantitative estimate of drug-likeness (QED) is 0.870. The Hall–Kier alpha value is -1.85. The molecule has 1 aliphatic rings.